The maximum absolute atomic E-state index is 6.36. The Kier molecular flexibility index (Phi) is 4.53. The van der Waals surface area contributed by atoms with Gasteiger partial charge >= 0.3 is 0 Å². The molecular weight excluding hydrogens is 348 g/mol. The number of nitrogens with one attached hydrogen (secondary N) is 2. The molecule has 28 heavy (non-hydrogen) atoms. The maximum atomic E-state index is 6.36. The van der Waals surface area contributed by atoms with E-state index in [0.29, 0.717) is 17.3 Å². The molecule has 2 aromatic carbocycles. The van der Waals surface area contributed by atoms with Crippen LogP contribution in [0.25, 0.3) is 10.9 Å². The van der Waals surface area contributed by atoms with Gasteiger partial charge in [0.1, 0.15) is 12.0 Å². The normalized spacial score (nSPS) is 10.8. The molecule has 4 rings (SSSR count). The van der Waals surface area contributed by atoms with Crippen molar-refractivity contribution in [2.75, 3.05) is 16.4 Å². The number of benzene rings is 2. The predicted molar refractivity (Wildman–Crippen MR) is 115 cm³/mol. The van der Waals surface area contributed by atoms with Crippen LogP contribution in [-0.2, 0) is 0 Å². The Labute approximate surface area is 163 Å². The standard InChI is InChI=1S/C22H22N6/c1-13-9-14(2)11-17(10-13)27-21-19(23)22(25-12-24-21)28-18-6-4-5-16-8-7-15(3)26-20(16)18/h4-12H,23H2,1-3H3,(H2,24,25,27,28). The van der Waals surface area contributed by atoms with Gasteiger partial charge in [0.05, 0.1) is 11.2 Å². The Balaban J connectivity index is 1.69. The number of pyridine rings is 1. The minimum absolute atomic E-state index is 0.450. The van der Waals surface area contributed by atoms with E-state index in [2.05, 4.69) is 63.7 Å². The van der Waals surface area contributed by atoms with Crippen LogP contribution in [0, 0.1) is 20.8 Å². The molecular formula is C22H22N6. The summed E-state index contributed by atoms with van der Waals surface area (Å²) in [5, 5.41) is 7.66. The molecule has 0 aliphatic rings. The Morgan fingerprint density at radius 1 is 0.821 bits per heavy atom. The van der Waals surface area contributed by atoms with Crippen LogP contribution in [0.5, 0.6) is 0 Å². The number of hydrogen-bond donors (Lipinski definition) is 3. The van der Waals surface area contributed by atoms with Gasteiger partial charge in [0, 0.05) is 16.8 Å². The van der Waals surface area contributed by atoms with Gasteiger partial charge in [0.15, 0.2) is 11.6 Å². The molecule has 2 heterocycles. The van der Waals surface area contributed by atoms with Gasteiger partial charge < -0.3 is 16.4 Å². The van der Waals surface area contributed by atoms with E-state index in [1.54, 1.807) is 0 Å². The quantitative estimate of drug-likeness (QED) is 0.467. The first-order valence-corrected chi connectivity index (χ1v) is 9.09. The van der Waals surface area contributed by atoms with Gasteiger partial charge in [-0.1, -0.05) is 24.3 Å². The van der Waals surface area contributed by atoms with E-state index < -0.39 is 0 Å². The minimum Gasteiger partial charge on any atom is -0.393 e. The molecule has 0 bridgehead atoms. The molecule has 4 aromatic rings. The highest BCUT2D eigenvalue weighted by atomic mass is 15.1. The molecule has 4 N–H and O–H groups in total. The number of nitrogens with zero attached hydrogens (tertiary/aromatic N) is 3. The Hall–Kier alpha value is -3.67. The van der Waals surface area contributed by atoms with Crippen molar-refractivity contribution in [3.8, 4) is 0 Å². The van der Waals surface area contributed by atoms with Crippen molar-refractivity contribution in [3.05, 3.63) is 71.7 Å². The van der Waals surface area contributed by atoms with Crippen LogP contribution in [0.15, 0.2) is 54.9 Å². The molecule has 0 saturated heterocycles. The van der Waals surface area contributed by atoms with Gasteiger partial charge in [-0.05, 0) is 56.2 Å². The van der Waals surface area contributed by atoms with Crippen LogP contribution < -0.4 is 16.4 Å². The number of hydrogen-bond acceptors (Lipinski definition) is 6. The lowest BCUT2D eigenvalue weighted by atomic mass is 10.1. The van der Waals surface area contributed by atoms with Crippen molar-refractivity contribution >= 4 is 39.6 Å². The monoisotopic (exact) mass is 370 g/mol. The fraction of sp³-hybridized carbons (Fsp3) is 0.136. The van der Waals surface area contributed by atoms with Gasteiger partial charge in [0.2, 0.25) is 0 Å². The van der Waals surface area contributed by atoms with Gasteiger partial charge in [-0.3, -0.25) is 4.98 Å². The molecule has 0 aliphatic carbocycles. The highest BCUT2D eigenvalue weighted by Gasteiger charge is 2.11. The number of rotatable bonds is 4. The smallest absolute Gasteiger partial charge is 0.159 e. The van der Waals surface area contributed by atoms with Gasteiger partial charge in [-0.25, -0.2) is 9.97 Å². The molecule has 0 saturated carbocycles. The van der Waals surface area contributed by atoms with Crippen molar-refractivity contribution in [2.24, 2.45) is 0 Å². The number of para-hydroxylation sites is 1. The molecule has 0 aliphatic heterocycles. The molecule has 0 fully saturated rings. The topological polar surface area (TPSA) is 88.8 Å². The number of nitrogen functional groups attached to an aromatic ring is 1. The average Bonchev–Trinajstić information content (AvgIpc) is 2.64. The Morgan fingerprint density at radius 3 is 2.29 bits per heavy atom. The van der Waals surface area contributed by atoms with Gasteiger partial charge in [-0.15, -0.1) is 0 Å². The zero-order valence-corrected chi connectivity index (χ0v) is 16.1. The molecule has 6 nitrogen and oxygen atoms in total. The second-order valence-electron chi connectivity index (χ2n) is 6.94. The molecule has 0 spiro atoms. The molecule has 0 unspecified atom stereocenters. The number of anilines is 5. The summed E-state index contributed by atoms with van der Waals surface area (Å²) in [6.45, 7) is 6.09. The summed E-state index contributed by atoms with van der Waals surface area (Å²) in [5.74, 6) is 1.10. The highest BCUT2D eigenvalue weighted by molar-refractivity contribution is 5.93. The summed E-state index contributed by atoms with van der Waals surface area (Å²) < 4.78 is 0. The summed E-state index contributed by atoms with van der Waals surface area (Å²) in [6.07, 6.45) is 1.49. The Bertz CT molecular complexity index is 1150. The van der Waals surface area contributed by atoms with Crippen molar-refractivity contribution < 1.29 is 0 Å². The summed E-state index contributed by atoms with van der Waals surface area (Å²) in [4.78, 5) is 13.3. The van der Waals surface area contributed by atoms with E-state index in [1.807, 2.05) is 31.2 Å². The number of nitrogens with two attached hydrogens (primary N) is 1. The molecule has 6 heteroatoms. The summed E-state index contributed by atoms with van der Waals surface area (Å²) in [5.41, 5.74) is 12.8. The fourth-order valence-corrected chi connectivity index (χ4v) is 3.25. The van der Waals surface area contributed by atoms with Crippen LogP contribution in [0.1, 0.15) is 16.8 Å². The molecule has 0 atom stereocenters. The van der Waals surface area contributed by atoms with Crippen molar-refractivity contribution in [1.29, 1.82) is 0 Å². The van der Waals surface area contributed by atoms with Crippen LogP contribution in [-0.4, -0.2) is 15.0 Å². The number of aromatic nitrogens is 3. The molecule has 2 aromatic heterocycles. The fourth-order valence-electron chi connectivity index (χ4n) is 3.25. The first-order chi connectivity index (χ1) is 13.5. The first kappa shape index (κ1) is 17.7. The lowest BCUT2D eigenvalue weighted by Crippen LogP contribution is -2.06. The van der Waals surface area contributed by atoms with E-state index in [4.69, 9.17) is 5.73 Å². The third-order valence-corrected chi connectivity index (χ3v) is 4.48. The third-order valence-electron chi connectivity index (χ3n) is 4.48. The second kappa shape index (κ2) is 7.15. The molecule has 140 valence electrons. The van der Waals surface area contributed by atoms with Crippen molar-refractivity contribution in [3.63, 3.8) is 0 Å². The van der Waals surface area contributed by atoms with E-state index in [9.17, 15) is 0 Å². The van der Waals surface area contributed by atoms with Crippen molar-refractivity contribution in [1.82, 2.24) is 15.0 Å². The molecule has 0 radical (unpaired) electrons. The van der Waals surface area contributed by atoms with Crippen molar-refractivity contribution in [2.45, 2.75) is 20.8 Å². The van der Waals surface area contributed by atoms with Gasteiger partial charge in [-0.2, -0.15) is 0 Å². The van der Waals surface area contributed by atoms with Crippen LogP contribution in [0.3, 0.4) is 0 Å². The van der Waals surface area contributed by atoms with Gasteiger partial charge in [0.25, 0.3) is 0 Å². The summed E-state index contributed by atoms with van der Waals surface area (Å²) in [7, 11) is 0. The zero-order valence-electron chi connectivity index (χ0n) is 16.1. The predicted octanol–water partition coefficient (Wildman–Crippen LogP) is 5.02. The SMILES string of the molecule is Cc1cc(C)cc(Nc2ncnc(Nc3cccc4ccc(C)nc34)c2N)c1. The average molecular weight is 370 g/mol. The molecule has 0 amide bonds. The largest absolute Gasteiger partial charge is 0.393 e. The highest BCUT2D eigenvalue weighted by Crippen LogP contribution is 2.31. The minimum atomic E-state index is 0.450. The summed E-state index contributed by atoms with van der Waals surface area (Å²) in [6, 6.07) is 16.3. The number of aryl methyl sites for hydroxylation is 3. The van der Waals surface area contributed by atoms with Crippen LogP contribution in [0.2, 0.25) is 0 Å². The van der Waals surface area contributed by atoms with Crippen LogP contribution >= 0.6 is 0 Å². The van der Waals surface area contributed by atoms with E-state index >= 15 is 0 Å². The maximum Gasteiger partial charge on any atom is 0.159 e. The summed E-state index contributed by atoms with van der Waals surface area (Å²) >= 11 is 0. The van der Waals surface area contributed by atoms with E-state index in [-0.39, 0.29) is 0 Å². The Morgan fingerprint density at radius 2 is 1.54 bits per heavy atom. The van der Waals surface area contributed by atoms with E-state index in [1.165, 1.54) is 17.5 Å². The second-order valence-corrected chi connectivity index (χ2v) is 6.94. The third kappa shape index (κ3) is 3.57. The first-order valence-electron chi connectivity index (χ1n) is 9.09. The van der Waals surface area contributed by atoms with Crippen LogP contribution in [0.4, 0.5) is 28.7 Å². The number of fused-ring (bicyclic) bond motifs is 1. The zero-order chi connectivity index (χ0) is 19.7. The lowest BCUT2D eigenvalue weighted by molar-refractivity contribution is 1.17. The van der Waals surface area contributed by atoms with E-state index in [0.717, 1.165) is 28.0 Å². The lowest BCUT2D eigenvalue weighted by Gasteiger charge is -2.14.